The molecule has 26 heavy (non-hydrogen) atoms. The Morgan fingerprint density at radius 2 is 1.50 bits per heavy atom. The highest BCUT2D eigenvalue weighted by Crippen LogP contribution is 2.16. The maximum absolute atomic E-state index is 3.45. The van der Waals surface area contributed by atoms with Gasteiger partial charge in [-0.1, -0.05) is 77.9 Å². The van der Waals surface area contributed by atoms with Gasteiger partial charge in [-0.2, -0.15) is 0 Å². The van der Waals surface area contributed by atoms with Gasteiger partial charge in [0.1, 0.15) is 0 Å². The highest BCUT2D eigenvalue weighted by Gasteiger charge is 2.07. The molecule has 0 aliphatic rings. The first-order valence-corrected chi connectivity index (χ1v) is 10.7. The second-order valence-corrected chi connectivity index (χ2v) is 7.03. The van der Waals surface area contributed by atoms with Gasteiger partial charge in [0.05, 0.1) is 6.54 Å². The van der Waals surface area contributed by atoms with Gasteiger partial charge in [0.2, 0.25) is 0 Å². The molecule has 0 atom stereocenters. The van der Waals surface area contributed by atoms with Crippen molar-refractivity contribution in [3.05, 3.63) is 34.9 Å². The molecule has 0 saturated heterocycles. The maximum Gasteiger partial charge on any atom is 0.0605 e. The van der Waals surface area contributed by atoms with Crippen LogP contribution in [0.4, 0.5) is 0 Å². The van der Waals surface area contributed by atoms with Crippen molar-refractivity contribution >= 4 is 0 Å². The lowest BCUT2D eigenvalue weighted by Gasteiger charge is -2.19. The van der Waals surface area contributed by atoms with Gasteiger partial charge in [-0.05, 0) is 56.2 Å². The van der Waals surface area contributed by atoms with Crippen molar-refractivity contribution in [2.75, 3.05) is 32.7 Å². The van der Waals surface area contributed by atoms with Gasteiger partial charge >= 0.3 is 0 Å². The highest BCUT2D eigenvalue weighted by molar-refractivity contribution is 5.44. The Morgan fingerprint density at radius 1 is 0.808 bits per heavy atom. The molecule has 0 bridgehead atoms. The molecule has 0 radical (unpaired) electrons. The van der Waals surface area contributed by atoms with E-state index in [0.29, 0.717) is 0 Å². The summed E-state index contributed by atoms with van der Waals surface area (Å²) >= 11 is 0. The van der Waals surface area contributed by atoms with Gasteiger partial charge in [-0.25, -0.2) is 0 Å². The first kappa shape index (κ1) is 22.7. The lowest BCUT2D eigenvalue weighted by atomic mass is 9.99. The first-order chi connectivity index (χ1) is 12.7. The SMILES string of the molecule is CCCCCCc1ccc(C#CCN(CC)CC)c(CN(CC)CC)c1. The molecule has 0 fully saturated rings. The predicted octanol–water partition coefficient (Wildman–Crippen LogP) is 5.34. The first-order valence-electron chi connectivity index (χ1n) is 10.7. The molecule has 2 nitrogen and oxygen atoms in total. The Morgan fingerprint density at radius 3 is 2.12 bits per heavy atom. The third kappa shape index (κ3) is 8.39. The van der Waals surface area contributed by atoms with E-state index in [1.54, 1.807) is 0 Å². The Labute approximate surface area is 163 Å². The molecule has 0 heterocycles. The Bertz CT molecular complexity index is 545. The van der Waals surface area contributed by atoms with Crippen molar-refractivity contribution in [3.63, 3.8) is 0 Å². The van der Waals surface area contributed by atoms with Crippen LogP contribution in [0, 0.1) is 11.8 Å². The minimum Gasteiger partial charge on any atom is -0.300 e. The number of nitrogens with zero attached hydrogens (tertiary/aromatic N) is 2. The molecule has 0 spiro atoms. The van der Waals surface area contributed by atoms with Crippen LogP contribution in [0.2, 0.25) is 0 Å². The number of benzene rings is 1. The zero-order chi connectivity index (χ0) is 19.2. The predicted molar refractivity (Wildman–Crippen MR) is 116 cm³/mol. The molecule has 0 N–H and O–H groups in total. The largest absolute Gasteiger partial charge is 0.300 e. The van der Waals surface area contributed by atoms with Crippen molar-refractivity contribution in [1.82, 2.24) is 9.80 Å². The fourth-order valence-corrected chi connectivity index (χ4v) is 3.19. The molecule has 146 valence electrons. The van der Waals surface area contributed by atoms with Crippen molar-refractivity contribution in [3.8, 4) is 11.8 Å². The van der Waals surface area contributed by atoms with Crippen LogP contribution in [-0.4, -0.2) is 42.5 Å². The highest BCUT2D eigenvalue weighted by atomic mass is 15.1. The normalized spacial score (nSPS) is 11.0. The van der Waals surface area contributed by atoms with E-state index in [2.05, 4.69) is 74.5 Å². The third-order valence-electron chi connectivity index (χ3n) is 5.20. The summed E-state index contributed by atoms with van der Waals surface area (Å²) < 4.78 is 0. The van der Waals surface area contributed by atoms with Gasteiger partial charge in [0.25, 0.3) is 0 Å². The lowest BCUT2D eigenvalue weighted by molar-refractivity contribution is 0.295. The number of hydrogen-bond acceptors (Lipinski definition) is 2. The molecule has 0 aromatic heterocycles. The number of hydrogen-bond donors (Lipinski definition) is 0. The van der Waals surface area contributed by atoms with Crippen molar-refractivity contribution < 1.29 is 0 Å². The van der Waals surface area contributed by atoms with E-state index < -0.39 is 0 Å². The summed E-state index contributed by atoms with van der Waals surface area (Å²) in [6, 6.07) is 6.95. The van der Waals surface area contributed by atoms with Crippen LogP contribution in [0.1, 0.15) is 77.0 Å². The smallest absolute Gasteiger partial charge is 0.0605 e. The maximum atomic E-state index is 3.45. The number of rotatable bonds is 12. The summed E-state index contributed by atoms with van der Waals surface area (Å²) in [7, 11) is 0. The molecule has 1 aromatic carbocycles. The molecule has 1 rings (SSSR count). The number of unbranched alkanes of at least 4 members (excludes halogenated alkanes) is 3. The van der Waals surface area contributed by atoms with E-state index in [1.807, 2.05) is 0 Å². The van der Waals surface area contributed by atoms with E-state index >= 15 is 0 Å². The summed E-state index contributed by atoms with van der Waals surface area (Å²) in [5.74, 6) is 6.84. The molecule has 2 heteroatoms. The van der Waals surface area contributed by atoms with Crippen LogP contribution < -0.4 is 0 Å². The monoisotopic (exact) mass is 356 g/mol. The fourth-order valence-electron chi connectivity index (χ4n) is 3.19. The Kier molecular flexibility index (Phi) is 12.1. The van der Waals surface area contributed by atoms with E-state index in [-0.39, 0.29) is 0 Å². The zero-order valence-electron chi connectivity index (χ0n) is 17.9. The quantitative estimate of drug-likeness (QED) is 0.368. The minimum atomic E-state index is 0.858. The summed E-state index contributed by atoms with van der Waals surface area (Å²) in [6.07, 6.45) is 6.48. The lowest BCUT2D eigenvalue weighted by Crippen LogP contribution is -2.23. The minimum absolute atomic E-state index is 0.858. The van der Waals surface area contributed by atoms with Crippen LogP contribution in [-0.2, 0) is 13.0 Å². The summed E-state index contributed by atoms with van der Waals surface area (Å²) in [5.41, 5.74) is 4.08. The van der Waals surface area contributed by atoms with Gasteiger partial charge in [-0.15, -0.1) is 0 Å². The molecule has 0 amide bonds. The Balaban J connectivity index is 2.90. The third-order valence-corrected chi connectivity index (χ3v) is 5.20. The van der Waals surface area contributed by atoms with Crippen molar-refractivity contribution in [2.45, 2.75) is 73.3 Å². The van der Waals surface area contributed by atoms with Crippen LogP contribution in [0.3, 0.4) is 0 Å². The van der Waals surface area contributed by atoms with E-state index in [0.717, 1.165) is 39.3 Å². The molecule has 0 saturated carbocycles. The van der Waals surface area contributed by atoms with Gasteiger partial charge < -0.3 is 0 Å². The average Bonchev–Trinajstić information content (AvgIpc) is 2.67. The van der Waals surface area contributed by atoms with E-state index in [1.165, 1.54) is 48.8 Å². The van der Waals surface area contributed by atoms with Crippen molar-refractivity contribution in [1.29, 1.82) is 0 Å². The molecule has 0 aliphatic heterocycles. The standard InChI is InChI=1S/C24H40N2/c1-6-11-12-13-15-22-17-18-23(16-14-19-25(7-2)8-3)24(20-22)21-26(9-4)10-5/h17-18,20H,6-13,15,19,21H2,1-5H3. The second-order valence-electron chi connectivity index (χ2n) is 7.03. The second kappa shape index (κ2) is 13.8. The van der Waals surface area contributed by atoms with Crippen LogP contribution in [0.5, 0.6) is 0 Å². The van der Waals surface area contributed by atoms with Gasteiger partial charge in [0, 0.05) is 12.1 Å². The van der Waals surface area contributed by atoms with E-state index in [9.17, 15) is 0 Å². The summed E-state index contributed by atoms with van der Waals surface area (Å²) in [6.45, 7) is 17.3. The topological polar surface area (TPSA) is 6.48 Å². The average molecular weight is 357 g/mol. The van der Waals surface area contributed by atoms with Crippen LogP contribution in [0.25, 0.3) is 0 Å². The van der Waals surface area contributed by atoms with E-state index in [4.69, 9.17) is 0 Å². The molecule has 1 aromatic rings. The molecular weight excluding hydrogens is 316 g/mol. The fraction of sp³-hybridized carbons (Fsp3) is 0.667. The molecule has 0 unspecified atom stereocenters. The molecular formula is C24H40N2. The Hall–Kier alpha value is -1.30. The van der Waals surface area contributed by atoms with Gasteiger partial charge in [-0.3, -0.25) is 9.80 Å². The van der Waals surface area contributed by atoms with Crippen molar-refractivity contribution in [2.24, 2.45) is 0 Å². The van der Waals surface area contributed by atoms with Gasteiger partial charge in [0.15, 0.2) is 0 Å². The zero-order valence-corrected chi connectivity index (χ0v) is 17.9. The van der Waals surface area contributed by atoms with Crippen LogP contribution in [0.15, 0.2) is 18.2 Å². The molecule has 0 aliphatic carbocycles. The summed E-state index contributed by atoms with van der Waals surface area (Å²) in [5, 5.41) is 0. The summed E-state index contributed by atoms with van der Waals surface area (Å²) in [4.78, 5) is 4.84. The number of aryl methyl sites for hydroxylation is 1. The van der Waals surface area contributed by atoms with Crippen LogP contribution >= 0.6 is 0 Å².